The molecule has 0 aromatic carbocycles. The van der Waals surface area contributed by atoms with Crippen LogP contribution in [0.2, 0.25) is 0 Å². The third-order valence-corrected chi connectivity index (χ3v) is 4.52. The van der Waals surface area contributed by atoms with Crippen molar-refractivity contribution >= 4 is 0 Å². The summed E-state index contributed by atoms with van der Waals surface area (Å²) in [4.78, 5) is 19.7. The Hall–Kier alpha value is -1.75. The van der Waals surface area contributed by atoms with Crippen molar-refractivity contribution in [3.63, 3.8) is 0 Å². The normalized spacial score (nSPS) is 18.8. The summed E-state index contributed by atoms with van der Waals surface area (Å²) >= 11 is 0. The van der Waals surface area contributed by atoms with E-state index in [1.165, 1.54) is 29.8 Å². The molecule has 110 valence electrons. The maximum Gasteiger partial charge on any atom is 0.131 e. The standard InChI is InChI=1S/C16H21N5/c1-10-11(2)19-15(18-10)9-21-6-5-14-13(8-21)7-17-16(20-14)12-3-4-12/h7,12H,3-6,8-9H2,1-2H3,(H,18,19). The lowest BCUT2D eigenvalue weighted by Gasteiger charge is -2.27. The molecular weight excluding hydrogens is 262 g/mol. The number of fused-ring (bicyclic) bond motifs is 1. The van der Waals surface area contributed by atoms with Gasteiger partial charge < -0.3 is 4.98 Å². The number of hydrogen-bond donors (Lipinski definition) is 1. The lowest BCUT2D eigenvalue weighted by molar-refractivity contribution is 0.237. The van der Waals surface area contributed by atoms with Crippen LogP contribution in [-0.2, 0) is 19.5 Å². The Morgan fingerprint density at radius 2 is 2.14 bits per heavy atom. The summed E-state index contributed by atoms with van der Waals surface area (Å²) in [7, 11) is 0. The van der Waals surface area contributed by atoms with Crippen molar-refractivity contribution in [3.05, 3.63) is 40.5 Å². The molecule has 4 rings (SSSR count). The maximum atomic E-state index is 4.77. The topological polar surface area (TPSA) is 57.7 Å². The molecule has 3 heterocycles. The number of nitrogens with zero attached hydrogens (tertiary/aromatic N) is 4. The van der Waals surface area contributed by atoms with Gasteiger partial charge in [-0.15, -0.1) is 0 Å². The Balaban J connectivity index is 1.48. The van der Waals surface area contributed by atoms with Gasteiger partial charge in [0.2, 0.25) is 0 Å². The summed E-state index contributed by atoms with van der Waals surface area (Å²) < 4.78 is 0. The van der Waals surface area contributed by atoms with Gasteiger partial charge in [-0.3, -0.25) is 4.90 Å². The Bertz CT molecular complexity index is 652. The first kappa shape index (κ1) is 13.0. The van der Waals surface area contributed by atoms with Gasteiger partial charge in [0.25, 0.3) is 0 Å². The molecule has 5 nitrogen and oxygen atoms in total. The highest BCUT2D eigenvalue weighted by atomic mass is 15.2. The van der Waals surface area contributed by atoms with Gasteiger partial charge in [-0.1, -0.05) is 0 Å². The molecule has 21 heavy (non-hydrogen) atoms. The minimum Gasteiger partial charge on any atom is -0.345 e. The molecule has 2 aromatic heterocycles. The number of rotatable bonds is 3. The van der Waals surface area contributed by atoms with Crippen molar-refractivity contribution in [2.24, 2.45) is 0 Å². The summed E-state index contributed by atoms with van der Waals surface area (Å²) in [6.07, 6.45) is 5.60. The van der Waals surface area contributed by atoms with Gasteiger partial charge in [0, 0.05) is 48.6 Å². The zero-order valence-corrected chi connectivity index (χ0v) is 12.7. The Morgan fingerprint density at radius 1 is 1.29 bits per heavy atom. The zero-order chi connectivity index (χ0) is 14.4. The molecule has 1 aliphatic heterocycles. The van der Waals surface area contributed by atoms with E-state index in [0.717, 1.165) is 43.4 Å². The van der Waals surface area contributed by atoms with Crippen LogP contribution in [0, 0.1) is 13.8 Å². The molecule has 0 amide bonds. The number of imidazole rings is 1. The molecule has 0 unspecified atom stereocenters. The van der Waals surface area contributed by atoms with Crippen molar-refractivity contribution in [1.29, 1.82) is 0 Å². The summed E-state index contributed by atoms with van der Waals surface area (Å²) in [5, 5.41) is 0. The van der Waals surface area contributed by atoms with Crippen molar-refractivity contribution < 1.29 is 0 Å². The van der Waals surface area contributed by atoms with Crippen LogP contribution in [-0.4, -0.2) is 31.4 Å². The van der Waals surface area contributed by atoms with Crippen molar-refractivity contribution in [2.45, 2.75) is 52.1 Å². The highest BCUT2D eigenvalue weighted by molar-refractivity contribution is 5.23. The molecule has 1 N–H and O–H groups in total. The lowest BCUT2D eigenvalue weighted by atomic mass is 10.1. The molecule has 0 radical (unpaired) electrons. The molecule has 0 saturated heterocycles. The predicted molar refractivity (Wildman–Crippen MR) is 79.9 cm³/mol. The molecule has 5 heteroatoms. The summed E-state index contributed by atoms with van der Waals surface area (Å²) in [5.41, 5.74) is 4.81. The van der Waals surface area contributed by atoms with Crippen LogP contribution in [0.5, 0.6) is 0 Å². The number of nitrogens with one attached hydrogen (secondary N) is 1. The Kier molecular flexibility index (Phi) is 3.03. The van der Waals surface area contributed by atoms with Crippen LogP contribution in [0.25, 0.3) is 0 Å². The lowest BCUT2D eigenvalue weighted by Crippen LogP contribution is -2.31. The van der Waals surface area contributed by atoms with E-state index in [1.54, 1.807) is 0 Å². The van der Waals surface area contributed by atoms with E-state index < -0.39 is 0 Å². The van der Waals surface area contributed by atoms with Gasteiger partial charge in [0.05, 0.1) is 12.2 Å². The fourth-order valence-electron chi connectivity index (χ4n) is 2.97. The first-order chi connectivity index (χ1) is 10.2. The van der Waals surface area contributed by atoms with E-state index >= 15 is 0 Å². The molecule has 0 atom stereocenters. The van der Waals surface area contributed by atoms with Crippen molar-refractivity contribution in [1.82, 2.24) is 24.8 Å². The fraction of sp³-hybridized carbons (Fsp3) is 0.562. The molecule has 1 aliphatic carbocycles. The number of hydrogen-bond acceptors (Lipinski definition) is 4. The summed E-state index contributed by atoms with van der Waals surface area (Å²) in [5.74, 6) is 2.77. The van der Waals surface area contributed by atoms with Crippen LogP contribution in [0.1, 0.15) is 53.1 Å². The molecule has 2 aromatic rings. The quantitative estimate of drug-likeness (QED) is 0.938. The fourth-order valence-corrected chi connectivity index (χ4v) is 2.97. The van der Waals surface area contributed by atoms with Crippen LogP contribution in [0.15, 0.2) is 6.20 Å². The van der Waals surface area contributed by atoms with Crippen LogP contribution in [0.4, 0.5) is 0 Å². The molecule has 1 saturated carbocycles. The van der Waals surface area contributed by atoms with E-state index in [9.17, 15) is 0 Å². The van der Waals surface area contributed by atoms with E-state index in [1.807, 2.05) is 13.1 Å². The Morgan fingerprint density at radius 3 is 2.86 bits per heavy atom. The van der Waals surface area contributed by atoms with E-state index in [2.05, 4.69) is 26.8 Å². The highest BCUT2D eigenvalue weighted by Gasteiger charge is 2.28. The third-order valence-electron chi connectivity index (χ3n) is 4.52. The van der Waals surface area contributed by atoms with Crippen LogP contribution in [0.3, 0.4) is 0 Å². The largest absolute Gasteiger partial charge is 0.345 e. The first-order valence-electron chi connectivity index (χ1n) is 7.78. The van der Waals surface area contributed by atoms with E-state index in [-0.39, 0.29) is 0 Å². The van der Waals surface area contributed by atoms with Gasteiger partial charge >= 0.3 is 0 Å². The minimum atomic E-state index is 0.641. The molecule has 0 bridgehead atoms. The smallest absolute Gasteiger partial charge is 0.131 e. The Labute approximate surface area is 124 Å². The van der Waals surface area contributed by atoms with Gasteiger partial charge in [-0.05, 0) is 26.7 Å². The second kappa shape index (κ2) is 4.91. The second-order valence-electron chi connectivity index (χ2n) is 6.33. The average Bonchev–Trinajstić information content (AvgIpc) is 3.26. The van der Waals surface area contributed by atoms with Gasteiger partial charge in [-0.2, -0.15) is 0 Å². The number of H-pyrrole nitrogens is 1. The summed E-state index contributed by atoms with van der Waals surface area (Å²) in [6.45, 7) is 6.98. The van der Waals surface area contributed by atoms with Crippen LogP contribution < -0.4 is 0 Å². The zero-order valence-electron chi connectivity index (χ0n) is 12.7. The monoisotopic (exact) mass is 283 g/mol. The van der Waals surface area contributed by atoms with Crippen LogP contribution >= 0.6 is 0 Å². The van der Waals surface area contributed by atoms with Gasteiger partial charge in [0.15, 0.2) is 0 Å². The third kappa shape index (κ3) is 2.58. The number of aryl methyl sites for hydroxylation is 2. The summed E-state index contributed by atoms with van der Waals surface area (Å²) in [6, 6.07) is 0. The minimum absolute atomic E-state index is 0.641. The van der Waals surface area contributed by atoms with E-state index in [4.69, 9.17) is 4.98 Å². The predicted octanol–water partition coefficient (Wildman–Crippen LogP) is 2.25. The van der Waals surface area contributed by atoms with Gasteiger partial charge in [0.1, 0.15) is 11.6 Å². The maximum absolute atomic E-state index is 4.77. The number of aromatic amines is 1. The van der Waals surface area contributed by atoms with Crippen molar-refractivity contribution in [2.75, 3.05) is 6.54 Å². The molecule has 1 fully saturated rings. The van der Waals surface area contributed by atoms with Crippen molar-refractivity contribution in [3.8, 4) is 0 Å². The molecular formula is C16H21N5. The van der Waals surface area contributed by atoms with Gasteiger partial charge in [-0.25, -0.2) is 15.0 Å². The number of aromatic nitrogens is 4. The second-order valence-corrected chi connectivity index (χ2v) is 6.33. The highest BCUT2D eigenvalue weighted by Crippen LogP contribution is 2.38. The molecule has 2 aliphatic rings. The first-order valence-corrected chi connectivity index (χ1v) is 7.78. The SMILES string of the molecule is Cc1nc(CN2CCc3nc(C4CC4)ncc3C2)[nH]c1C. The van der Waals surface area contributed by atoms with E-state index in [0.29, 0.717) is 5.92 Å². The average molecular weight is 283 g/mol. The molecule has 0 spiro atoms.